The Kier molecular flexibility index (Phi) is 7.28. The zero-order valence-corrected chi connectivity index (χ0v) is 14.6. The van der Waals surface area contributed by atoms with Gasteiger partial charge in [-0.3, -0.25) is 4.79 Å². The van der Waals surface area contributed by atoms with Gasteiger partial charge in [-0.15, -0.1) is 0 Å². The largest absolute Gasteiger partial charge is 0.324 e. The lowest BCUT2D eigenvalue weighted by Crippen LogP contribution is -2.38. The number of nitrogens with zero attached hydrogens (tertiary/aromatic N) is 2. The maximum absolute atomic E-state index is 12.0. The number of hydrogen-bond acceptors (Lipinski definition) is 4. The topological polar surface area (TPSA) is 69.7 Å². The first-order valence-corrected chi connectivity index (χ1v) is 9.07. The number of amides is 1. The van der Waals surface area contributed by atoms with Crippen LogP contribution in [0, 0.1) is 0 Å². The van der Waals surface area contributed by atoms with Crippen LogP contribution in [0.3, 0.4) is 0 Å². The van der Waals surface area contributed by atoms with Gasteiger partial charge in [0.25, 0.3) is 0 Å². The van der Waals surface area contributed by atoms with Gasteiger partial charge in [-0.05, 0) is 39.2 Å². The van der Waals surface area contributed by atoms with E-state index in [1.54, 1.807) is 24.3 Å². The van der Waals surface area contributed by atoms with Gasteiger partial charge in [-0.25, -0.2) is 8.42 Å². The van der Waals surface area contributed by atoms with E-state index >= 15 is 0 Å². The third-order valence-corrected chi connectivity index (χ3v) is 4.53. The molecular formula is C14H22ClN3O3S. The lowest BCUT2D eigenvalue weighted by Gasteiger charge is -2.20. The molecule has 1 aromatic carbocycles. The summed E-state index contributed by atoms with van der Waals surface area (Å²) in [5, 5.41) is 3.04. The average Bonchev–Trinajstić information content (AvgIpc) is 2.39. The zero-order valence-electron chi connectivity index (χ0n) is 13.0. The summed E-state index contributed by atoms with van der Waals surface area (Å²) in [7, 11) is 0.384. The SMILES string of the molecule is CN(C)CCCN(CC(=O)Nc1ccccc1Cl)S(C)(=O)=O. The first kappa shape index (κ1) is 18.9. The van der Waals surface area contributed by atoms with Crippen molar-refractivity contribution in [3.8, 4) is 0 Å². The van der Waals surface area contributed by atoms with E-state index in [-0.39, 0.29) is 6.54 Å². The predicted octanol–water partition coefficient (Wildman–Crippen LogP) is 1.49. The number of rotatable bonds is 8. The van der Waals surface area contributed by atoms with Crippen LogP contribution in [0.25, 0.3) is 0 Å². The number of para-hydroxylation sites is 1. The highest BCUT2D eigenvalue weighted by molar-refractivity contribution is 7.88. The van der Waals surface area contributed by atoms with Crippen LogP contribution in [-0.4, -0.2) is 63.5 Å². The summed E-state index contributed by atoms with van der Waals surface area (Å²) in [4.78, 5) is 14.0. The van der Waals surface area contributed by atoms with Crippen molar-refractivity contribution in [1.29, 1.82) is 0 Å². The molecule has 0 radical (unpaired) electrons. The number of halogens is 1. The van der Waals surface area contributed by atoms with Gasteiger partial charge in [-0.2, -0.15) is 4.31 Å². The quantitative estimate of drug-likeness (QED) is 0.773. The molecule has 0 aliphatic heterocycles. The molecule has 0 heterocycles. The van der Waals surface area contributed by atoms with Crippen molar-refractivity contribution in [2.75, 3.05) is 45.3 Å². The molecule has 1 amide bonds. The van der Waals surface area contributed by atoms with Crippen LogP contribution in [0.15, 0.2) is 24.3 Å². The summed E-state index contributed by atoms with van der Waals surface area (Å²) in [6, 6.07) is 6.81. The third-order valence-electron chi connectivity index (χ3n) is 2.95. The van der Waals surface area contributed by atoms with Gasteiger partial charge >= 0.3 is 0 Å². The van der Waals surface area contributed by atoms with Crippen molar-refractivity contribution in [1.82, 2.24) is 9.21 Å². The van der Waals surface area contributed by atoms with Crippen molar-refractivity contribution in [2.45, 2.75) is 6.42 Å². The van der Waals surface area contributed by atoms with Crippen molar-refractivity contribution in [2.24, 2.45) is 0 Å². The molecule has 0 aromatic heterocycles. The molecule has 0 aliphatic rings. The maximum Gasteiger partial charge on any atom is 0.239 e. The van der Waals surface area contributed by atoms with E-state index in [2.05, 4.69) is 5.32 Å². The van der Waals surface area contributed by atoms with Crippen molar-refractivity contribution in [3.05, 3.63) is 29.3 Å². The first-order valence-electron chi connectivity index (χ1n) is 6.84. The summed E-state index contributed by atoms with van der Waals surface area (Å²) in [6.45, 7) is 0.822. The Balaban J connectivity index is 2.65. The van der Waals surface area contributed by atoms with Crippen LogP contribution in [0.1, 0.15) is 6.42 Å². The summed E-state index contributed by atoms with van der Waals surface area (Å²) < 4.78 is 24.7. The molecule has 0 unspecified atom stereocenters. The van der Waals surface area contributed by atoms with E-state index in [1.165, 1.54) is 4.31 Å². The molecule has 124 valence electrons. The molecule has 0 spiro atoms. The highest BCUT2D eigenvalue weighted by atomic mass is 35.5. The number of carbonyl (C=O) groups is 1. The minimum atomic E-state index is -3.44. The molecule has 0 saturated carbocycles. The molecule has 0 saturated heterocycles. The minimum absolute atomic E-state index is 0.225. The molecule has 1 rings (SSSR count). The Bertz CT molecular complexity index is 605. The van der Waals surface area contributed by atoms with E-state index in [0.717, 1.165) is 12.8 Å². The molecular weight excluding hydrogens is 326 g/mol. The molecule has 0 fully saturated rings. The smallest absolute Gasteiger partial charge is 0.239 e. The van der Waals surface area contributed by atoms with Gasteiger partial charge in [0.15, 0.2) is 0 Å². The fourth-order valence-corrected chi connectivity index (χ4v) is 2.83. The van der Waals surface area contributed by atoms with Gasteiger partial charge in [-0.1, -0.05) is 23.7 Å². The van der Waals surface area contributed by atoms with Crippen molar-refractivity contribution in [3.63, 3.8) is 0 Å². The van der Waals surface area contributed by atoms with Gasteiger partial charge in [0.05, 0.1) is 23.5 Å². The van der Waals surface area contributed by atoms with E-state index in [0.29, 0.717) is 23.7 Å². The molecule has 22 heavy (non-hydrogen) atoms. The van der Waals surface area contributed by atoms with Crippen LogP contribution >= 0.6 is 11.6 Å². The van der Waals surface area contributed by atoms with Crippen LogP contribution in [-0.2, 0) is 14.8 Å². The molecule has 1 aromatic rings. The zero-order chi connectivity index (χ0) is 16.8. The highest BCUT2D eigenvalue weighted by Gasteiger charge is 2.20. The Hall–Kier alpha value is -1.15. The molecule has 0 bridgehead atoms. The average molecular weight is 348 g/mol. The lowest BCUT2D eigenvalue weighted by molar-refractivity contribution is -0.116. The third kappa shape index (κ3) is 6.74. The summed E-state index contributed by atoms with van der Waals surface area (Å²) in [5.74, 6) is -0.414. The normalized spacial score (nSPS) is 11.9. The molecule has 0 aliphatic carbocycles. The molecule has 8 heteroatoms. The summed E-state index contributed by atoms with van der Waals surface area (Å²) in [6.07, 6.45) is 1.75. The summed E-state index contributed by atoms with van der Waals surface area (Å²) in [5.41, 5.74) is 0.468. The Morgan fingerprint density at radius 2 is 1.86 bits per heavy atom. The maximum atomic E-state index is 12.0. The van der Waals surface area contributed by atoms with Crippen molar-refractivity contribution < 1.29 is 13.2 Å². The fourth-order valence-electron chi connectivity index (χ4n) is 1.84. The number of sulfonamides is 1. The molecule has 0 atom stereocenters. The fraction of sp³-hybridized carbons (Fsp3) is 0.500. The highest BCUT2D eigenvalue weighted by Crippen LogP contribution is 2.20. The van der Waals surface area contributed by atoms with Gasteiger partial charge in [0.2, 0.25) is 15.9 Å². The van der Waals surface area contributed by atoms with Gasteiger partial charge in [0, 0.05) is 6.54 Å². The Labute approximate surface area is 137 Å². The number of benzene rings is 1. The number of nitrogens with one attached hydrogen (secondary N) is 1. The van der Waals surface area contributed by atoms with Crippen LogP contribution in [0.4, 0.5) is 5.69 Å². The van der Waals surface area contributed by atoms with E-state index in [4.69, 9.17) is 11.6 Å². The number of hydrogen-bond donors (Lipinski definition) is 1. The Morgan fingerprint density at radius 1 is 1.23 bits per heavy atom. The Morgan fingerprint density at radius 3 is 2.41 bits per heavy atom. The van der Waals surface area contributed by atoms with Gasteiger partial charge in [0.1, 0.15) is 0 Å². The minimum Gasteiger partial charge on any atom is -0.324 e. The first-order chi connectivity index (χ1) is 10.2. The second kappa shape index (κ2) is 8.47. The number of anilines is 1. The van der Waals surface area contributed by atoms with E-state index < -0.39 is 15.9 Å². The lowest BCUT2D eigenvalue weighted by atomic mass is 10.3. The van der Waals surface area contributed by atoms with Gasteiger partial charge < -0.3 is 10.2 Å². The monoisotopic (exact) mass is 347 g/mol. The van der Waals surface area contributed by atoms with Crippen molar-refractivity contribution >= 4 is 33.2 Å². The summed E-state index contributed by atoms with van der Waals surface area (Å²) >= 11 is 5.96. The van der Waals surface area contributed by atoms with Crippen LogP contribution < -0.4 is 5.32 Å². The standard InChI is InChI=1S/C14H22ClN3O3S/c1-17(2)9-6-10-18(22(3,20)21)11-14(19)16-13-8-5-4-7-12(13)15/h4-5,7-8H,6,9-11H2,1-3H3,(H,16,19). The molecule has 1 N–H and O–H groups in total. The number of carbonyl (C=O) groups excluding carboxylic acids is 1. The second-order valence-electron chi connectivity index (χ2n) is 5.28. The van der Waals surface area contributed by atoms with Crippen LogP contribution in [0.5, 0.6) is 0 Å². The predicted molar refractivity (Wildman–Crippen MR) is 89.7 cm³/mol. The molecule has 6 nitrogen and oxygen atoms in total. The van der Waals surface area contributed by atoms with Crippen LogP contribution in [0.2, 0.25) is 5.02 Å². The van der Waals surface area contributed by atoms with E-state index in [9.17, 15) is 13.2 Å². The second-order valence-corrected chi connectivity index (χ2v) is 7.67. The van der Waals surface area contributed by atoms with E-state index in [1.807, 2.05) is 19.0 Å².